The molecule has 1 unspecified atom stereocenters. The maximum Gasteiger partial charge on any atom is 0.115 e. The molecule has 0 spiro atoms. The van der Waals surface area contributed by atoms with E-state index in [2.05, 4.69) is 39.6 Å². The van der Waals surface area contributed by atoms with Gasteiger partial charge in [-0.2, -0.15) is 0 Å². The minimum atomic E-state index is 0.261. The molecular formula is C14H17BrN2S2. The summed E-state index contributed by atoms with van der Waals surface area (Å²) in [6, 6.07) is 2.47. The van der Waals surface area contributed by atoms with E-state index in [4.69, 9.17) is 4.98 Å². The SMILES string of the molecule is CCNC(c1cc(Br)cs1)c1nc2c(s1)CCCC2. The third-order valence-corrected chi connectivity index (χ3v) is 6.37. The third-order valence-electron chi connectivity index (χ3n) is 3.39. The van der Waals surface area contributed by atoms with Crippen molar-refractivity contribution in [2.75, 3.05) is 6.54 Å². The fraction of sp³-hybridized carbons (Fsp3) is 0.500. The Kier molecular flexibility index (Phi) is 4.37. The lowest BCUT2D eigenvalue weighted by molar-refractivity contribution is 0.628. The molecule has 1 aliphatic rings. The predicted octanol–water partition coefficient (Wildman–Crippen LogP) is 4.54. The van der Waals surface area contributed by atoms with E-state index in [1.54, 1.807) is 11.3 Å². The normalized spacial score (nSPS) is 16.3. The topological polar surface area (TPSA) is 24.9 Å². The van der Waals surface area contributed by atoms with Crippen molar-refractivity contribution in [3.63, 3.8) is 0 Å². The van der Waals surface area contributed by atoms with Gasteiger partial charge >= 0.3 is 0 Å². The van der Waals surface area contributed by atoms with Crippen molar-refractivity contribution in [3.05, 3.63) is 36.4 Å². The van der Waals surface area contributed by atoms with Crippen LogP contribution in [0.4, 0.5) is 0 Å². The number of rotatable bonds is 4. The standard InChI is InChI=1S/C14H17BrN2S2/c1-2-16-13(12-7-9(15)8-18-12)14-17-10-5-3-4-6-11(10)19-14/h7-8,13,16H,2-6H2,1H3. The largest absolute Gasteiger partial charge is 0.304 e. The van der Waals surface area contributed by atoms with Crippen molar-refractivity contribution in [3.8, 4) is 0 Å². The average Bonchev–Trinajstić information content (AvgIpc) is 3.01. The molecule has 1 aliphatic carbocycles. The second-order valence-corrected chi connectivity index (χ2v) is 7.76. The molecule has 3 rings (SSSR count). The fourth-order valence-electron chi connectivity index (χ4n) is 2.49. The highest BCUT2D eigenvalue weighted by Crippen LogP contribution is 2.35. The molecule has 0 saturated carbocycles. The zero-order valence-corrected chi connectivity index (χ0v) is 14.1. The van der Waals surface area contributed by atoms with Crippen molar-refractivity contribution in [2.45, 2.75) is 38.6 Å². The number of halogens is 1. The highest BCUT2D eigenvalue weighted by Gasteiger charge is 2.22. The molecule has 0 radical (unpaired) electrons. The summed E-state index contributed by atoms with van der Waals surface area (Å²) in [6.07, 6.45) is 5.01. The number of nitrogens with one attached hydrogen (secondary N) is 1. The molecule has 5 heteroatoms. The molecule has 2 nitrogen and oxygen atoms in total. The third kappa shape index (κ3) is 2.94. The molecule has 2 aromatic heterocycles. The van der Waals surface area contributed by atoms with Crippen molar-refractivity contribution in [1.29, 1.82) is 0 Å². The van der Waals surface area contributed by atoms with Crippen molar-refractivity contribution in [2.24, 2.45) is 0 Å². The zero-order chi connectivity index (χ0) is 13.2. The molecule has 1 atom stereocenters. The van der Waals surface area contributed by atoms with Gasteiger partial charge in [0.05, 0.1) is 11.7 Å². The van der Waals surface area contributed by atoms with E-state index in [1.165, 1.54) is 46.1 Å². The number of thiazole rings is 1. The van der Waals surface area contributed by atoms with Gasteiger partial charge in [0.25, 0.3) is 0 Å². The molecule has 0 aromatic carbocycles. The van der Waals surface area contributed by atoms with Gasteiger partial charge in [0.15, 0.2) is 0 Å². The van der Waals surface area contributed by atoms with Gasteiger partial charge in [-0.15, -0.1) is 22.7 Å². The summed E-state index contributed by atoms with van der Waals surface area (Å²) >= 11 is 7.25. The zero-order valence-electron chi connectivity index (χ0n) is 10.9. The lowest BCUT2D eigenvalue weighted by atomic mass is 10.0. The number of aryl methyl sites for hydroxylation is 2. The first-order chi connectivity index (χ1) is 9.28. The van der Waals surface area contributed by atoms with E-state index in [1.807, 2.05) is 11.3 Å². The summed E-state index contributed by atoms with van der Waals surface area (Å²) in [4.78, 5) is 7.76. The molecule has 19 heavy (non-hydrogen) atoms. The number of aromatic nitrogens is 1. The van der Waals surface area contributed by atoms with Gasteiger partial charge in [-0.3, -0.25) is 0 Å². The van der Waals surface area contributed by atoms with Crippen molar-refractivity contribution >= 4 is 38.6 Å². The summed E-state index contributed by atoms with van der Waals surface area (Å²) in [6.45, 7) is 3.12. The van der Waals surface area contributed by atoms with Crippen LogP contribution in [0.5, 0.6) is 0 Å². The lowest BCUT2D eigenvalue weighted by Gasteiger charge is -2.13. The van der Waals surface area contributed by atoms with Crippen LogP contribution in [0.25, 0.3) is 0 Å². The maximum atomic E-state index is 4.90. The van der Waals surface area contributed by atoms with Gasteiger partial charge in [-0.05, 0) is 54.2 Å². The number of thiophene rings is 1. The predicted molar refractivity (Wildman–Crippen MR) is 86.3 cm³/mol. The van der Waals surface area contributed by atoms with Gasteiger partial charge in [-0.25, -0.2) is 4.98 Å². The molecule has 0 amide bonds. The van der Waals surface area contributed by atoms with Crippen LogP contribution in [0.2, 0.25) is 0 Å². The number of nitrogens with zero attached hydrogens (tertiary/aromatic N) is 1. The highest BCUT2D eigenvalue weighted by atomic mass is 79.9. The first-order valence-electron chi connectivity index (χ1n) is 6.73. The maximum absolute atomic E-state index is 4.90. The first kappa shape index (κ1) is 13.7. The summed E-state index contributed by atoms with van der Waals surface area (Å²) in [5, 5.41) is 6.96. The summed E-state index contributed by atoms with van der Waals surface area (Å²) in [5.74, 6) is 0. The van der Waals surface area contributed by atoms with Gasteiger partial charge in [0.2, 0.25) is 0 Å². The van der Waals surface area contributed by atoms with Crippen molar-refractivity contribution in [1.82, 2.24) is 10.3 Å². The Bertz CT molecular complexity index is 538. The van der Waals surface area contributed by atoms with Crippen LogP contribution in [0.3, 0.4) is 0 Å². The van der Waals surface area contributed by atoms with Crippen LogP contribution >= 0.6 is 38.6 Å². The van der Waals surface area contributed by atoms with Crippen LogP contribution in [0, 0.1) is 0 Å². The monoisotopic (exact) mass is 356 g/mol. The Hall–Kier alpha value is -0.230. The summed E-state index contributed by atoms with van der Waals surface area (Å²) in [7, 11) is 0. The molecular weight excluding hydrogens is 340 g/mol. The average molecular weight is 357 g/mol. The van der Waals surface area contributed by atoms with Gasteiger partial charge < -0.3 is 5.32 Å². The van der Waals surface area contributed by atoms with Crippen LogP contribution in [-0.4, -0.2) is 11.5 Å². The number of hydrogen-bond donors (Lipinski definition) is 1. The van der Waals surface area contributed by atoms with Crippen LogP contribution in [0.15, 0.2) is 15.9 Å². The molecule has 0 aliphatic heterocycles. The first-order valence-corrected chi connectivity index (χ1v) is 9.22. The minimum Gasteiger partial charge on any atom is -0.304 e. The Labute approximate surface area is 130 Å². The second kappa shape index (κ2) is 6.04. The Morgan fingerprint density at radius 1 is 1.42 bits per heavy atom. The Balaban J connectivity index is 1.93. The van der Waals surface area contributed by atoms with E-state index in [-0.39, 0.29) is 6.04 Å². The molecule has 102 valence electrons. The quantitative estimate of drug-likeness (QED) is 0.869. The van der Waals surface area contributed by atoms with E-state index in [0.717, 1.165) is 11.0 Å². The Morgan fingerprint density at radius 2 is 2.26 bits per heavy atom. The lowest BCUT2D eigenvalue weighted by Crippen LogP contribution is -2.21. The summed E-state index contributed by atoms with van der Waals surface area (Å²) in [5.41, 5.74) is 1.35. The van der Waals surface area contributed by atoms with E-state index >= 15 is 0 Å². The Morgan fingerprint density at radius 3 is 2.95 bits per heavy atom. The van der Waals surface area contributed by atoms with Gasteiger partial charge in [-0.1, -0.05) is 6.92 Å². The fourth-order valence-corrected chi connectivity index (χ4v) is 5.33. The molecule has 0 bridgehead atoms. The van der Waals surface area contributed by atoms with Gasteiger partial charge in [0.1, 0.15) is 5.01 Å². The number of fused-ring (bicyclic) bond motifs is 1. The highest BCUT2D eigenvalue weighted by molar-refractivity contribution is 9.10. The summed E-state index contributed by atoms with van der Waals surface area (Å²) < 4.78 is 1.16. The van der Waals surface area contributed by atoms with E-state index < -0.39 is 0 Å². The minimum absolute atomic E-state index is 0.261. The molecule has 2 heterocycles. The molecule has 0 saturated heterocycles. The van der Waals surface area contributed by atoms with Crippen LogP contribution in [-0.2, 0) is 12.8 Å². The second-order valence-electron chi connectivity index (χ2n) is 4.79. The van der Waals surface area contributed by atoms with Crippen molar-refractivity contribution < 1.29 is 0 Å². The van der Waals surface area contributed by atoms with E-state index in [9.17, 15) is 0 Å². The van der Waals surface area contributed by atoms with Crippen LogP contribution < -0.4 is 5.32 Å². The smallest absolute Gasteiger partial charge is 0.115 e. The molecule has 1 N–H and O–H groups in total. The van der Waals surface area contributed by atoms with Gasteiger partial charge in [0, 0.05) is 19.6 Å². The molecule has 0 fully saturated rings. The van der Waals surface area contributed by atoms with E-state index in [0.29, 0.717) is 0 Å². The number of hydrogen-bond acceptors (Lipinski definition) is 4. The van der Waals surface area contributed by atoms with Crippen LogP contribution in [0.1, 0.15) is 46.3 Å². The molecule has 2 aromatic rings.